The second-order valence-corrected chi connectivity index (χ2v) is 6.04. The van der Waals surface area contributed by atoms with Crippen molar-refractivity contribution < 1.29 is 4.79 Å². The second-order valence-electron chi connectivity index (χ2n) is 6.04. The molecule has 1 aromatic carbocycles. The first-order chi connectivity index (χ1) is 11.7. The standard InChI is InChI=1S/C18H23N5O/c1-14-10-11-19-17(21-14)23-12-6-5-9-16(23)13-20-18(24)22-15-7-3-2-4-8-15/h2-4,7-8,10-11,16H,5-6,9,12-13H2,1H3,(H2,20,22,24). The molecule has 2 aromatic rings. The van der Waals surface area contributed by atoms with Gasteiger partial charge in [0.25, 0.3) is 0 Å². The van der Waals surface area contributed by atoms with E-state index in [9.17, 15) is 4.79 Å². The summed E-state index contributed by atoms with van der Waals surface area (Å²) in [6.07, 6.45) is 5.11. The summed E-state index contributed by atoms with van der Waals surface area (Å²) in [5, 5.41) is 5.81. The zero-order chi connectivity index (χ0) is 16.8. The summed E-state index contributed by atoms with van der Waals surface area (Å²) < 4.78 is 0. The third-order valence-electron chi connectivity index (χ3n) is 4.20. The molecule has 0 saturated carbocycles. The van der Waals surface area contributed by atoms with Crippen molar-refractivity contribution >= 4 is 17.7 Å². The van der Waals surface area contributed by atoms with E-state index in [1.165, 1.54) is 0 Å². The van der Waals surface area contributed by atoms with E-state index in [1.807, 2.05) is 43.3 Å². The Labute approximate surface area is 142 Å². The van der Waals surface area contributed by atoms with Crippen molar-refractivity contribution in [2.75, 3.05) is 23.3 Å². The number of rotatable bonds is 4. The van der Waals surface area contributed by atoms with Gasteiger partial charge in [0.2, 0.25) is 5.95 Å². The third kappa shape index (κ3) is 4.22. The summed E-state index contributed by atoms with van der Waals surface area (Å²) >= 11 is 0. The van der Waals surface area contributed by atoms with Gasteiger partial charge in [-0.05, 0) is 44.4 Å². The lowest BCUT2D eigenvalue weighted by Crippen LogP contribution is -2.48. The number of anilines is 2. The number of piperidine rings is 1. The predicted molar refractivity (Wildman–Crippen MR) is 95.2 cm³/mol. The highest BCUT2D eigenvalue weighted by Crippen LogP contribution is 2.21. The van der Waals surface area contributed by atoms with Crippen LogP contribution in [-0.2, 0) is 0 Å². The highest BCUT2D eigenvalue weighted by atomic mass is 16.2. The summed E-state index contributed by atoms with van der Waals surface area (Å²) in [6.45, 7) is 3.47. The van der Waals surface area contributed by atoms with Crippen LogP contribution in [0, 0.1) is 6.92 Å². The van der Waals surface area contributed by atoms with Crippen molar-refractivity contribution in [2.45, 2.75) is 32.2 Å². The van der Waals surface area contributed by atoms with Crippen LogP contribution < -0.4 is 15.5 Å². The number of carbonyl (C=O) groups is 1. The van der Waals surface area contributed by atoms with Gasteiger partial charge in [0.15, 0.2) is 0 Å². The monoisotopic (exact) mass is 325 g/mol. The van der Waals surface area contributed by atoms with Gasteiger partial charge in [0.05, 0.1) is 0 Å². The molecule has 1 aromatic heterocycles. The number of benzene rings is 1. The van der Waals surface area contributed by atoms with Crippen LogP contribution in [-0.4, -0.2) is 35.1 Å². The fraction of sp³-hybridized carbons (Fsp3) is 0.389. The molecule has 0 bridgehead atoms. The lowest BCUT2D eigenvalue weighted by Gasteiger charge is -2.35. The minimum Gasteiger partial charge on any atom is -0.336 e. The summed E-state index contributed by atoms with van der Waals surface area (Å²) in [5.74, 6) is 0.755. The van der Waals surface area contributed by atoms with Crippen LogP contribution in [0.4, 0.5) is 16.4 Å². The molecule has 2 amide bonds. The number of nitrogens with one attached hydrogen (secondary N) is 2. The Hall–Kier alpha value is -2.63. The zero-order valence-corrected chi connectivity index (χ0v) is 13.9. The van der Waals surface area contributed by atoms with Gasteiger partial charge in [0, 0.05) is 36.7 Å². The molecular weight excluding hydrogens is 302 g/mol. The van der Waals surface area contributed by atoms with Crippen molar-refractivity contribution in [1.82, 2.24) is 15.3 Å². The first-order valence-corrected chi connectivity index (χ1v) is 8.38. The van der Waals surface area contributed by atoms with Crippen molar-refractivity contribution in [2.24, 2.45) is 0 Å². The molecule has 0 aliphatic carbocycles. The highest BCUT2D eigenvalue weighted by Gasteiger charge is 2.25. The molecule has 2 N–H and O–H groups in total. The Bertz CT molecular complexity index is 676. The van der Waals surface area contributed by atoms with Crippen molar-refractivity contribution in [3.63, 3.8) is 0 Å². The smallest absolute Gasteiger partial charge is 0.319 e. The van der Waals surface area contributed by atoms with Crippen LogP contribution in [0.2, 0.25) is 0 Å². The third-order valence-corrected chi connectivity index (χ3v) is 4.20. The summed E-state index contributed by atoms with van der Waals surface area (Å²) in [6, 6.07) is 11.4. The molecule has 3 rings (SSSR count). The number of hydrogen-bond acceptors (Lipinski definition) is 4. The van der Waals surface area contributed by atoms with Gasteiger partial charge in [-0.1, -0.05) is 18.2 Å². The summed E-state index contributed by atoms with van der Waals surface area (Å²) in [5.41, 5.74) is 1.75. The number of para-hydroxylation sites is 1. The minimum atomic E-state index is -0.183. The van der Waals surface area contributed by atoms with Crippen LogP contribution >= 0.6 is 0 Å². The average molecular weight is 325 g/mol. The maximum atomic E-state index is 12.1. The number of aromatic nitrogens is 2. The molecular formula is C18H23N5O. The molecule has 126 valence electrons. The van der Waals surface area contributed by atoms with Gasteiger partial charge in [0.1, 0.15) is 0 Å². The lowest BCUT2D eigenvalue weighted by molar-refractivity contribution is 0.250. The number of nitrogens with zero attached hydrogens (tertiary/aromatic N) is 3. The van der Waals surface area contributed by atoms with Gasteiger partial charge >= 0.3 is 6.03 Å². The van der Waals surface area contributed by atoms with Crippen LogP contribution in [0.15, 0.2) is 42.6 Å². The van der Waals surface area contributed by atoms with E-state index in [1.54, 1.807) is 6.20 Å². The molecule has 0 radical (unpaired) electrons. The summed E-state index contributed by atoms with van der Waals surface area (Å²) in [4.78, 5) is 23.2. The number of carbonyl (C=O) groups excluding carboxylic acids is 1. The minimum absolute atomic E-state index is 0.183. The molecule has 0 spiro atoms. The Kier molecular flexibility index (Phi) is 5.25. The largest absolute Gasteiger partial charge is 0.336 e. The molecule has 1 aliphatic rings. The van der Waals surface area contributed by atoms with Gasteiger partial charge < -0.3 is 15.5 Å². The van der Waals surface area contributed by atoms with E-state index >= 15 is 0 Å². The predicted octanol–water partition coefficient (Wildman–Crippen LogP) is 2.97. The normalized spacial score (nSPS) is 17.4. The van der Waals surface area contributed by atoms with E-state index in [-0.39, 0.29) is 12.1 Å². The van der Waals surface area contributed by atoms with Crippen molar-refractivity contribution in [1.29, 1.82) is 0 Å². The molecule has 1 aliphatic heterocycles. The Morgan fingerprint density at radius 1 is 1.25 bits per heavy atom. The molecule has 2 heterocycles. The first kappa shape index (κ1) is 16.2. The number of hydrogen-bond donors (Lipinski definition) is 2. The average Bonchev–Trinajstić information content (AvgIpc) is 2.61. The Morgan fingerprint density at radius 3 is 2.88 bits per heavy atom. The SMILES string of the molecule is Cc1ccnc(N2CCCCC2CNC(=O)Nc2ccccc2)n1. The van der Waals surface area contributed by atoms with Gasteiger partial charge in [-0.3, -0.25) is 0 Å². The second kappa shape index (κ2) is 7.77. The Morgan fingerprint density at radius 2 is 2.08 bits per heavy atom. The first-order valence-electron chi connectivity index (χ1n) is 8.38. The number of amides is 2. The maximum absolute atomic E-state index is 12.1. The van der Waals surface area contributed by atoms with Crippen LogP contribution in [0.1, 0.15) is 25.0 Å². The van der Waals surface area contributed by atoms with Crippen LogP contribution in [0.5, 0.6) is 0 Å². The Balaban J connectivity index is 1.59. The fourth-order valence-corrected chi connectivity index (χ4v) is 2.96. The van der Waals surface area contributed by atoms with Crippen LogP contribution in [0.3, 0.4) is 0 Å². The molecule has 1 atom stereocenters. The topological polar surface area (TPSA) is 70.2 Å². The molecule has 6 heteroatoms. The molecule has 1 fully saturated rings. The van der Waals surface area contributed by atoms with Crippen LogP contribution in [0.25, 0.3) is 0 Å². The summed E-state index contributed by atoms with van der Waals surface area (Å²) in [7, 11) is 0. The van der Waals surface area contributed by atoms with Gasteiger partial charge in [-0.15, -0.1) is 0 Å². The van der Waals surface area contributed by atoms with Crippen molar-refractivity contribution in [3.05, 3.63) is 48.3 Å². The van der Waals surface area contributed by atoms with E-state index < -0.39 is 0 Å². The van der Waals surface area contributed by atoms with Crippen molar-refractivity contribution in [3.8, 4) is 0 Å². The highest BCUT2D eigenvalue weighted by molar-refractivity contribution is 5.89. The van der Waals surface area contributed by atoms with E-state index in [4.69, 9.17) is 0 Å². The quantitative estimate of drug-likeness (QED) is 0.907. The number of urea groups is 1. The molecule has 24 heavy (non-hydrogen) atoms. The molecule has 1 unspecified atom stereocenters. The van der Waals surface area contributed by atoms with Gasteiger partial charge in [-0.2, -0.15) is 0 Å². The van der Waals surface area contributed by atoms with Gasteiger partial charge in [-0.25, -0.2) is 14.8 Å². The number of aryl methyl sites for hydroxylation is 1. The molecule has 1 saturated heterocycles. The van der Waals surface area contributed by atoms with E-state index in [2.05, 4.69) is 25.5 Å². The zero-order valence-electron chi connectivity index (χ0n) is 13.9. The van der Waals surface area contributed by atoms with E-state index in [0.29, 0.717) is 6.54 Å². The fourth-order valence-electron chi connectivity index (χ4n) is 2.96. The lowest BCUT2D eigenvalue weighted by atomic mass is 10.0. The molecule has 6 nitrogen and oxygen atoms in total. The van der Waals surface area contributed by atoms with E-state index in [0.717, 1.165) is 43.1 Å². The maximum Gasteiger partial charge on any atom is 0.319 e.